The summed E-state index contributed by atoms with van der Waals surface area (Å²) in [6.45, 7) is 2.24. The SMILES string of the molecule is CCOC(=O)N1C2CCC3(CC21)O[C@@H](c1ccccc1)[C@H](c1ccccc1)O3. The Hall–Kier alpha value is -2.37. The Kier molecular flexibility index (Phi) is 4.37. The average Bonchev–Trinajstić information content (AvgIpc) is 3.33. The number of fused-ring (bicyclic) bond motifs is 1. The molecule has 0 bridgehead atoms. The van der Waals surface area contributed by atoms with Gasteiger partial charge in [-0.25, -0.2) is 4.79 Å². The first-order valence-corrected chi connectivity index (χ1v) is 10.1. The summed E-state index contributed by atoms with van der Waals surface area (Å²) in [4.78, 5) is 14.0. The summed E-state index contributed by atoms with van der Waals surface area (Å²) in [6, 6.07) is 21.0. The fraction of sp³-hybridized carbons (Fsp3) is 0.435. The van der Waals surface area contributed by atoms with Gasteiger partial charge in [-0.05, 0) is 24.5 Å². The standard InChI is InChI=1S/C23H25NO4/c1-2-26-22(25)24-18-13-14-23(15-19(18)24)27-20(16-9-5-3-6-10-16)21(28-23)17-11-7-4-8-12-17/h3-12,18-21H,2,13-15H2,1H3/t18?,19?,20-,21-,24?/m0/s1. The summed E-state index contributed by atoms with van der Waals surface area (Å²) in [6.07, 6.45) is 1.84. The molecule has 0 N–H and O–H groups in total. The van der Waals surface area contributed by atoms with Gasteiger partial charge in [0.05, 0.1) is 18.7 Å². The van der Waals surface area contributed by atoms with Crippen molar-refractivity contribution in [2.75, 3.05) is 6.61 Å². The number of ether oxygens (including phenoxy) is 3. The lowest BCUT2D eigenvalue weighted by atomic mass is 9.94. The molecule has 2 aromatic rings. The number of likely N-dealkylation sites (tertiary alicyclic amines) is 1. The molecule has 2 aromatic carbocycles. The Morgan fingerprint density at radius 1 is 1.00 bits per heavy atom. The fourth-order valence-corrected chi connectivity index (χ4v) is 4.76. The predicted molar refractivity (Wildman–Crippen MR) is 104 cm³/mol. The second-order valence-electron chi connectivity index (χ2n) is 7.79. The van der Waals surface area contributed by atoms with E-state index in [1.807, 2.05) is 48.2 Å². The Balaban J connectivity index is 1.41. The van der Waals surface area contributed by atoms with E-state index < -0.39 is 5.79 Å². The first-order chi connectivity index (χ1) is 13.7. The quantitative estimate of drug-likeness (QED) is 0.731. The molecule has 2 heterocycles. The van der Waals surface area contributed by atoms with Gasteiger partial charge < -0.3 is 14.2 Å². The van der Waals surface area contributed by atoms with E-state index in [1.54, 1.807) is 0 Å². The summed E-state index contributed by atoms with van der Waals surface area (Å²) in [7, 11) is 0. The van der Waals surface area contributed by atoms with Crippen molar-refractivity contribution < 1.29 is 19.0 Å². The highest BCUT2D eigenvalue weighted by atomic mass is 16.8. The van der Waals surface area contributed by atoms with Gasteiger partial charge in [0.25, 0.3) is 0 Å². The van der Waals surface area contributed by atoms with E-state index in [9.17, 15) is 4.79 Å². The van der Waals surface area contributed by atoms with E-state index in [-0.39, 0.29) is 30.4 Å². The zero-order chi connectivity index (χ0) is 19.1. The summed E-state index contributed by atoms with van der Waals surface area (Å²) in [5.41, 5.74) is 2.24. The van der Waals surface area contributed by atoms with Gasteiger partial charge in [0.2, 0.25) is 0 Å². The van der Waals surface area contributed by atoms with Gasteiger partial charge in [0.15, 0.2) is 5.79 Å². The molecule has 0 aromatic heterocycles. The molecule has 2 saturated heterocycles. The smallest absolute Gasteiger partial charge is 0.410 e. The van der Waals surface area contributed by atoms with Gasteiger partial charge in [-0.2, -0.15) is 0 Å². The van der Waals surface area contributed by atoms with Crippen molar-refractivity contribution in [2.24, 2.45) is 0 Å². The van der Waals surface area contributed by atoms with Crippen LogP contribution in [0, 0.1) is 0 Å². The van der Waals surface area contributed by atoms with Crippen molar-refractivity contribution in [1.29, 1.82) is 0 Å². The van der Waals surface area contributed by atoms with E-state index in [1.165, 1.54) is 0 Å². The van der Waals surface area contributed by atoms with Gasteiger partial charge in [0, 0.05) is 12.8 Å². The van der Waals surface area contributed by atoms with Crippen LogP contribution in [0.4, 0.5) is 4.79 Å². The van der Waals surface area contributed by atoms with Crippen LogP contribution in [0.25, 0.3) is 0 Å². The van der Waals surface area contributed by atoms with Crippen LogP contribution in [0.3, 0.4) is 0 Å². The van der Waals surface area contributed by atoms with E-state index in [4.69, 9.17) is 14.2 Å². The van der Waals surface area contributed by atoms with Crippen LogP contribution < -0.4 is 0 Å². The molecular formula is C23H25NO4. The minimum Gasteiger partial charge on any atom is -0.450 e. The molecule has 3 fully saturated rings. The molecule has 1 saturated carbocycles. The van der Waals surface area contributed by atoms with Gasteiger partial charge in [-0.3, -0.25) is 4.90 Å². The van der Waals surface area contributed by atoms with Crippen LogP contribution in [0.1, 0.15) is 49.5 Å². The molecule has 1 spiro atoms. The van der Waals surface area contributed by atoms with Crippen molar-refractivity contribution in [3.63, 3.8) is 0 Å². The maximum atomic E-state index is 12.2. The lowest BCUT2D eigenvalue weighted by molar-refractivity contribution is -0.191. The van der Waals surface area contributed by atoms with Crippen molar-refractivity contribution in [1.82, 2.24) is 4.90 Å². The molecule has 1 amide bonds. The highest BCUT2D eigenvalue weighted by Crippen LogP contribution is 2.56. The Bertz CT molecular complexity index is 793. The zero-order valence-corrected chi connectivity index (χ0v) is 16.0. The summed E-state index contributed by atoms with van der Waals surface area (Å²) < 4.78 is 18.4. The van der Waals surface area contributed by atoms with Crippen LogP contribution in [0.5, 0.6) is 0 Å². The molecule has 2 unspecified atom stereocenters. The Morgan fingerprint density at radius 2 is 1.57 bits per heavy atom. The molecule has 146 valence electrons. The molecule has 3 aliphatic rings. The average molecular weight is 379 g/mol. The third kappa shape index (κ3) is 2.99. The normalized spacial score (nSPS) is 30.1. The first kappa shape index (κ1) is 17.7. The highest BCUT2D eigenvalue weighted by molar-refractivity contribution is 5.72. The zero-order valence-electron chi connectivity index (χ0n) is 16.0. The van der Waals surface area contributed by atoms with Gasteiger partial charge in [0.1, 0.15) is 12.2 Å². The second kappa shape index (κ2) is 6.90. The molecule has 4 atom stereocenters. The Labute approximate surface area is 165 Å². The van der Waals surface area contributed by atoms with Gasteiger partial charge in [-0.15, -0.1) is 0 Å². The number of rotatable bonds is 3. The van der Waals surface area contributed by atoms with Crippen molar-refractivity contribution in [2.45, 2.75) is 56.3 Å². The summed E-state index contributed by atoms with van der Waals surface area (Å²) in [5, 5.41) is 0. The van der Waals surface area contributed by atoms with Crippen LogP contribution in [-0.2, 0) is 14.2 Å². The predicted octanol–water partition coefficient (Wildman–Crippen LogP) is 4.61. The second-order valence-corrected chi connectivity index (χ2v) is 7.79. The maximum Gasteiger partial charge on any atom is 0.410 e. The maximum absolute atomic E-state index is 12.2. The minimum atomic E-state index is -0.649. The summed E-state index contributed by atoms with van der Waals surface area (Å²) in [5.74, 6) is -0.649. The Morgan fingerprint density at radius 3 is 2.11 bits per heavy atom. The van der Waals surface area contributed by atoms with E-state index in [0.29, 0.717) is 13.0 Å². The van der Waals surface area contributed by atoms with Crippen molar-refractivity contribution in [3.05, 3.63) is 71.8 Å². The third-order valence-electron chi connectivity index (χ3n) is 6.10. The number of hydrogen-bond acceptors (Lipinski definition) is 4. The highest BCUT2D eigenvalue weighted by Gasteiger charge is 2.62. The minimum absolute atomic E-state index is 0.152. The number of carbonyl (C=O) groups is 1. The first-order valence-electron chi connectivity index (χ1n) is 10.1. The molecule has 5 rings (SSSR count). The molecule has 2 aliphatic heterocycles. The molecule has 0 radical (unpaired) electrons. The third-order valence-corrected chi connectivity index (χ3v) is 6.10. The van der Waals surface area contributed by atoms with Gasteiger partial charge in [-0.1, -0.05) is 60.7 Å². The van der Waals surface area contributed by atoms with Crippen molar-refractivity contribution in [3.8, 4) is 0 Å². The molecular weight excluding hydrogens is 354 g/mol. The number of amides is 1. The van der Waals surface area contributed by atoms with Crippen molar-refractivity contribution >= 4 is 6.09 Å². The largest absolute Gasteiger partial charge is 0.450 e. The lowest BCUT2D eigenvalue weighted by Crippen LogP contribution is -2.36. The number of hydrogen-bond donors (Lipinski definition) is 0. The van der Waals surface area contributed by atoms with Crippen LogP contribution in [0.15, 0.2) is 60.7 Å². The molecule has 5 heteroatoms. The number of carbonyl (C=O) groups excluding carboxylic acids is 1. The molecule has 1 aliphatic carbocycles. The van der Waals surface area contributed by atoms with Crippen LogP contribution >= 0.6 is 0 Å². The lowest BCUT2D eigenvalue weighted by Gasteiger charge is -2.30. The van der Waals surface area contributed by atoms with E-state index >= 15 is 0 Å². The van der Waals surface area contributed by atoms with Gasteiger partial charge >= 0.3 is 6.09 Å². The summed E-state index contributed by atoms with van der Waals surface area (Å²) >= 11 is 0. The molecule has 5 nitrogen and oxygen atoms in total. The van der Waals surface area contributed by atoms with Crippen LogP contribution in [0.2, 0.25) is 0 Å². The van der Waals surface area contributed by atoms with Crippen LogP contribution in [-0.4, -0.2) is 35.5 Å². The van der Waals surface area contributed by atoms with E-state index in [0.717, 1.165) is 24.0 Å². The monoisotopic (exact) mass is 379 g/mol. The fourth-order valence-electron chi connectivity index (χ4n) is 4.76. The topological polar surface area (TPSA) is 47.8 Å². The van der Waals surface area contributed by atoms with E-state index in [2.05, 4.69) is 24.3 Å². The number of benzene rings is 2. The number of nitrogens with zero attached hydrogens (tertiary/aromatic N) is 1. The molecule has 28 heavy (non-hydrogen) atoms.